The lowest BCUT2D eigenvalue weighted by molar-refractivity contribution is -0.385. The summed E-state index contributed by atoms with van der Waals surface area (Å²) < 4.78 is 5.12. The quantitative estimate of drug-likeness (QED) is 0.312. The van der Waals surface area contributed by atoms with Crippen LogP contribution in [0.1, 0.15) is 23.7 Å². The molecule has 0 aliphatic heterocycles. The SMILES string of the molecule is CCCNCCNC(=O)c1cc(SC)c(OC)cc1[N+](=O)[O-]. The normalized spacial score (nSPS) is 10.3. The fourth-order valence-electron chi connectivity index (χ4n) is 1.86. The Balaban J connectivity index is 2.91. The van der Waals surface area contributed by atoms with Gasteiger partial charge in [-0.2, -0.15) is 0 Å². The first-order chi connectivity index (χ1) is 10.5. The molecule has 2 N–H and O–H groups in total. The summed E-state index contributed by atoms with van der Waals surface area (Å²) in [6, 6.07) is 2.78. The van der Waals surface area contributed by atoms with Gasteiger partial charge in [0.25, 0.3) is 11.6 Å². The summed E-state index contributed by atoms with van der Waals surface area (Å²) in [7, 11) is 1.44. The fraction of sp³-hybridized carbons (Fsp3) is 0.500. The molecule has 0 fully saturated rings. The molecule has 0 radical (unpaired) electrons. The van der Waals surface area contributed by atoms with E-state index in [1.807, 2.05) is 6.26 Å². The predicted octanol–water partition coefficient (Wildman–Crippen LogP) is 2.05. The van der Waals surface area contributed by atoms with Crippen molar-refractivity contribution in [2.45, 2.75) is 18.2 Å². The molecule has 0 saturated heterocycles. The summed E-state index contributed by atoms with van der Waals surface area (Å²) in [5, 5.41) is 17.0. The maximum Gasteiger partial charge on any atom is 0.285 e. The average molecular weight is 327 g/mol. The third-order valence-corrected chi connectivity index (χ3v) is 3.72. The van der Waals surface area contributed by atoms with E-state index in [2.05, 4.69) is 17.6 Å². The Labute approximate surface area is 134 Å². The first-order valence-corrected chi connectivity index (χ1v) is 8.16. The van der Waals surface area contributed by atoms with Gasteiger partial charge in [0, 0.05) is 13.1 Å². The fourth-order valence-corrected chi connectivity index (χ4v) is 2.44. The van der Waals surface area contributed by atoms with E-state index < -0.39 is 10.8 Å². The zero-order valence-electron chi connectivity index (χ0n) is 13.0. The van der Waals surface area contributed by atoms with Crippen molar-refractivity contribution in [2.24, 2.45) is 0 Å². The monoisotopic (exact) mass is 327 g/mol. The highest BCUT2D eigenvalue weighted by molar-refractivity contribution is 7.98. The lowest BCUT2D eigenvalue weighted by Gasteiger charge is -2.10. The number of amides is 1. The van der Waals surface area contributed by atoms with Crippen LogP contribution in [0.2, 0.25) is 0 Å². The van der Waals surface area contributed by atoms with Crippen LogP contribution in [0.25, 0.3) is 0 Å². The molecule has 0 bridgehead atoms. The summed E-state index contributed by atoms with van der Waals surface area (Å²) in [4.78, 5) is 23.4. The number of carbonyl (C=O) groups excluding carboxylic acids is 1. The Morgan fingerprint density at radius 3 is 2.64 bits per heavy atom. The largest absolute Gasteiger partial charge is 0.495 e. The number of hydrogen-bond donors (Lipinski definition) is 2. The Morgan fingerprint density at radius 1 is 1.36 bits per heavy atom. The number of nitrogens with one attached hydrogen (secondary N) is 2. The van der Waals surface area contributed by atoms with Crippen LogP contribution in [-0.2, 0) is 0 Å². The Hall–Kier alpha value is -1.80. The van der Waals surface area contributed by atoms with Crippen molar-refractivity contribution in [3.8, 4) is 5.75 Å². The molecule has 0 unspecified atom stereocenters. The van der Waals surface area contributed by atoms with Crippen LogP contribution in [0.4, 0.5) is 5.69 Å². The highest BCUT2D eigenvalue weighted by atomic mass is 32.2. The number of carbonyl (C=O) groups is 1. The lowest BCUT2D eigenvalue weighted by Crippen LogP contribution is -2.32. The molecular weight excluding hydrogens is 306 g/mol. The second-order valence-electron chi connectivity index (χ2n) is 4.49. The number of nitro groups is 1. The van der Waals surface area contributed by atoms with Crippen molar-refractivity contribution >= 4 is 23.4 Å². The minimum Gasteiger partial charge on any atom is -0.495 e. The van der Waals surface area contributed by atoms with Crippen LogP contribution in [0, 0.1) is 10.1 Å². The van der Waals surface area contributed by atoms with Gasteiger partial charge in [-0.25, -0.2) is 0 Å². The van der Waals surface area contributed by atoms with E-state index >= 15 is 0 Å². The molecule has 0 aromatic heterocycles. The minimum absolute atomic E-state index is 0.0469. The second-order valence-corrected chi connectivity index (χ2v) is 5.34. The second kappa shape index (κ2) is 9.26. The summed E-state index contributed by atoms with van der Waals surface area (Å²) in [5.74, 6) is -0.0664. The van der Waals surface area contributed by atoms with Crippen molar-refractivity contribution in [1.29, 1.82) is 0 Å². The molecule has 122 valence electrons. The average Bonchev–Trinajstić information content (AvgIpc) is 2.52. The predicted molar refractivity (Wildman–Crippen MR) is 86.9 cm³/mol. The molecule has 0 spiro atoms. The molecule has 22 heavy (non-hydrogen) atoms. The number of hydrogen-bond acceptors (Lipinski definition) is 6. The summed E-state index contributed by atoms with van der Waals surface area (Å²) in [6.07, 6.45) is 2.83. The van der Waals surface area contributed by atoms with E-state index in [4.69, 9.17) is 4.74 Å². The number of benzene rings is 1. The maximum atomic E-state index is 12.2. The Kier molecular flexibility index (Phi) is 7.69. The van der Waals surface area contributed by atoms with E-state index in [1.165, 1.54) is 31.0 Å². The first kappa shape index (κ1) is 18.2. The van der Waals surface area contributed by atoms with Crippen molar-refractivity contribution in [3.05, 3.63) is 27.8 Å². The molecule has 1 amide bonds. The summed E-state index contributed by atoms with van der Waals surface area (Å²) in [6.45, 7) is 3.96. The topological polar surface area (TPSA) is 93.5 Å². The van der Waals surface area contributed by atoms with Crippen molar-refractivity contribution in [3.63, 3.8) is 0 Å². The van der Waals surface area contributed by atoms with Gasteiger partial charge in [-0.05, 0) is 25.3 Å². The number of rotatable bonds is 9. The van der Waals surface area contributed by atoms with E-state index in [-0.39, 0.29) is 11.3 Å². The van der Waals surface area contributed by atoms with Crippen LogP contribution >= 0.6 is 11.8 Å². The van der Waals surface area contributed by atoms with Gasteiger partial charge in [-0.3, -0.25) is 14.9 Å². The van der Waals surface area contributed by atoms with Gasteiger partial charge in [-0.15, -0.1) is 11.8 Å². The number of thioether (sulfide) groups is 1. The van der Waals surface area contributed by atoms with Crippen molar-refractivity contribution in [2.75, 3.05) is 33.0 Å². The van der Waals surface area contributed by atoms with Crippen molar-refractivity contribution in [1.82, 2.24) is 10.6 Å². The zero-order chi connectivity index (χ0) is 16.5. The first-order valence-electron chi connectivity index (χ1n) is 6.94. The van der Waals surface area contributed by atoms with Gasteiger partial charge in [0.15, 0.2) is 0 Å². The molecule has 0 atom stereocenters. The third kappa shape index (κ3) is 4.88. The highest BCUT2D eigenvalue weighted by Gasteiger charge is 2.23. The maximum absolute atomic E-state index is 12.2. The summed E-state index contributed by atoms with van der Waals surface area (Å²) >= 11 is 1.37. The number of nitrogens with zero attached hydrogens (tertiary/aromatic N) is 1. The molecule has 1 rings (SSSR count). The van der Waals surface area contributed by atoms with Crippen LogP contribution < -0.4 is 15.4 Å². The van der Waals surface area contributed by atoms with Gasteiger partial charge >= 0.3 is 0 Å². The van der Waals surface area contributed by atoms with Crippen LogP contribution in [0.5, 0.6) is 5.75 Å². The molecule has 0 aliphatic carbocycles. The molecule has 8 heteroatoms. The van der Waals surface area contributed by atoms with Gasteiger partial charge in [-0.1, -0.05) is 6.92 Å². The number of ether oxygens (including phenoxy) is 1. The molecule has 0 heterocycles. The molecule has 0 aliphatic rings. The van der Waals surface area contributed by atoms with E-state index in [0.29, 0.717) is 23.7 Å². The van der Waals surface area contributed by atoms with Crippen LogP contribution in [0.15, 0.2) is 17.0 Å². The van der Waals surface area contributed by atoms with E-state index in [1.54, 1.807) is 0 Å². The van der Waals surface area contributed by atoms with Crippen LogP contribution in [-0.4, -0.2) is 43.8 Å². The van der Waals surface area contributed by atoms with E-state index in [9.17, 15) is 14.9 Å². The smallest absolute Gasteiger partial charge is 0.285 e. The number of nitro benzene ring substituents is 1. The van der Waals surface area contributed by atoms with Crippen LogP contribution in [0.3, 0.4) is 0 Å². The van der Waals surface area contributed by atoms with E-state index in [0.717, 1.165) is 13.0 Å². The van der Waals surface area contributed by atoms with Gasteiger partial charge in [0.2, 0.25) is 0 Å². The van der Waals surface area contributed by atoms with Crippen molar-refractivity contribution < 1.29 is 14.5 Å². The third-order valence-electron chi connectivity index (χ3n) is 2.96. The Morgan fingerprint density at radius 2 is 2.09 bits per heavy atom. The Bertz CT molecular complexity index is 537. The number of methoxy groups -OCH3 is 1. The highest BCUT2D eigenvalue weighted by Crippen LogP contribution is 2.34. The van der Waals surface area contributed by atoms with Gasteiger partial charge < -0.3 is 15.4 Å². The molecule has 1 aromatic carbocycles. The molecular formula is C14H21N3O4S. The standard InChI is InChI=1S/C14H21N3O4S/c1-4-5-15-6-7-16-14(18)10-8-13(22-3)12(21-2)9-11(10)17(19)20/h8-9,15H,4-7H2,1-3H3,(H,16,18). The molecule has 7 nitrogen and oxygen atoms in total. The summed E-state index contributed by atoms with van der Waals surface area (Å²) in [5.41, 5.74) is -0.209. The zero-order valence-corrected chi connectivity index (χ0v) is 13.8. The molecule has 0 saturated carbocycles. The molecule has 1 aromatic rings. The van der Waals surface area contributed by atoms with Gasteiger partial charge in [0.1, 0.15) is 11.3 Å². The minimum atomic E-state index is -0.573. The van der Waals surface area contributed by atoms with Gasteiger partial charge in [0.05, 0.1) is 23.0 Å². The lowest BCUT2D eigenvalue weighted by atomic mass is 10.1.